The van der Waals surface area contributed by atoms with Crippen molar-refractivity contribution in [2.45, 2.75) is 33.6 Å². The van der Waals surface area contributed by atoms with Crippen LogP contribution in [0.4, 0.5) is 0 Å². The lowest BCUT2D eigenvalue weighted by Gasteiger charge is -2.10. The number of carbonyl (C=O) groups is 1. The number of hydrogen-bond donors (Lipinski definition) is 1. The van der Waals surface area contributed by atoms with Gasteiger partial charge in [-0.1, -0.05) is 12.1 Å². The third kappa shape index (κ3) is 4.68. The van der Waals surface area contributed by atoms with Crippen LogP contribution >= 0.6 is 0 Å². The highest BCUT2D eigenvalue weighted by Crippen LogP contribution is 2.16. The van der Waals surface area contributed by atoms with Gasteiger partial charge in [-0.05, 0) is 51.3 Å². The highest BCUT2D eigenvalue weighted by atomic mass is 16.5. The first kappa shape index (κ1) is 17.7. The van der Waals surface area contributed by atoms with Crippen molar-refractivity contribution in [2.24, 2.45) is 0 Å². The minimum absolute atomic E-state index is 0.258. The number of aromatic nitrogens is 2. The average Bonchev–Trinajstić information content (AvgIpc) is 2.51. The maximum atomic E-state index is 11.9. The van der Waals surface area contributed by atoms with Gasteiger partial charge in [0.2, 0.25) is 0 Å². The van der Waals surface area contributed by atoms with Crippen molar-refractivity contribution in [3.8, 4) is 11.8 Å². The number of esters is 1. The van der Waals surface area contributed by atoms with Crippen LogP contribution in [-0.2, 0) is 11.2 Å². The standard InChI is InChI=1S/C18H22N2O4/c1-4-23-17(22)16-12(2)19-18(20-13(16)3)24-10-6-8-14-7-5-9-15(21)11-14/h5,7,9,11,21H,4,6,8,10H2,1-3H3. The molecular formula is C18H22N2O4. The summed E-state index contributed by atoms with van der Waals surface area (Å²) in [5.41, 5.74) is 2.53. The minimum Gasteiger partial charge on any atom is -0.508 e. The van der Waals surface area contributed by atoms with Crippen LogP contribution in [0.15, 0.2) is 24.3 Å². The number of nitrogens with zero attached hydrogens (tertiary/aromatic N) is 2. The number of ether oxygens (including phenoxy) is 2. The number of phenolic OH excluding ortho intramolecular Hbond substituents is 1. The van der Waals surface area contributed by atoms with E-state index in [9.17, 15) is 9.90 Å². The Kier molecular flexibility index (Phi) is 6.12. The Bertz CT molecular complexity index is 693. The van der Waals surface area contributed by atoms with Crippen molar-refractivity contribution in [3.63, 3.8) is 0 Å². The van der Waals surface area contributed by atoms with E-state index in [-0.39, 0.29) is 11.8 Å². The van der Waals surface area contributed by atoms with Gasteiger partial charge in [-0.15, -0.1) is 0 Å². The molecule has 1 N–H and O–H groups in total. The van der Waals surface area contributed by atoms with E-state index in [1.54, 1.807) is 32.9 Å². The number of rotatable bonds is 7. The smallest absolute Gasteiger partial charge is 0.341 e. The van der Waals surface area contributed by atoms with Gasteiger partial charge in [0.1, 0.15) is 11.3 Å². The van der Waals surface area contributed by atoms with Crippen LogP contribution < -0.4 is 4.74 Å². The molecule has 24 heavy (non-hydrogen) atoms. The van der Waals surface area contributed by atoms with Gasteiger partial charge < -0.3 is 14.6 Å². The first-order valence-electron chi connectivity index (χ1n) is 7.94. The fourth-order valence-corrected chi connectivity index (χ4v) is 2.40. The zero-order valence-electron chi connectivity index (χ0n) is 14.2. The molecule has 128 valence electrons. The molecule has 1 aromatic heterocycles. The second-order valence-electron chi connectivity index (χ2n) is 5.39. The van der Waals surface area contributed by atoms with Crippen molar-refractivity contribution in [1.82, 2.24) is 9.97 Å². The lowest BCUT2D eigenvalue weighted by molar-refractivity contribution is 0.0523. The quantitative estimate of drug-likeness (QED) is 0.621. The van der Waals surface area contributed by atoms with E-state index in [1.807, 2.05) is 12.1 Å². The summed E-state index contributed by atoms with van der Waals surface area (Å²) in [7, 11) is 0. The first-order valence-corrected chi connectivity index (χ1v) is 7.94. The summed E-state index contributed by atoms with van der Waals surface area (Å²) >= 11 is 0. The number of hydrogen-bond acceptors (Lipinski definition) is 6. The van der Waals surface area contributed by atoms with Crippen LogP contribution in [-0.4, -0.2) is 34.3 Å². The molecule has 2 rings (SSSR count). The maximum Gasteiger partial charge on any atom is 0.341 e. The van der Waals surface area contributed by atoms with Crippen molar-refractivity contribution < 1.29 is 19.4 Å². The van der Waals surface area contributed by atoms with Crippen molar-refractivity contribution in [1.29, 1.82) is 0 Å². The van der Waals surface area contributed by atoms with E-state index >= 15 is 0 Å². The molecular weight excluding hydrogens is 308 g/mol. The van der Waals surface area contributed by atoms with Crippen molar-refractivity contribution in [2.75, 3.05) is 13.2 Å². The minimum atomic E-state index is -0.414. The van der Waals surface area contributed by atoms with Crippen LogP contribution in [0.2, 0.25) is 0 Å². The molecule has 0 atom stereocenters. The summed E-state index contributed by atoms with van der Waals surface area (Å²) in [6.07, 6.45) is 1.55. The topological polar surface area (TPSA) is 81.5 Å². The van der Waals surface area contributed by atoms with Gasteiger partial charge in [0, 0.05) is 0 Å². The van der Waals surface area contributed by atoms with E-state index in [0.29, 0.717) is 30.2 Å². The Hall–Kier alpha value is -2.63. The summed E-state index contributed by atoms with van der Waals surface area (Å²) in [4.78, 5) is 20.3. The Labute approximate surface area is 141 Å². The second kappa shape index (κ2) is 8.29. The summed E-state index contributed by atoms with van der Waals surface area (Å²) in [6, 6.07) is 7.41. The Morgan fingerprint density at radius 1 is 1.21 bits per heavy atom. The fraction of sp³-hybridized carbons (Fsp3) is 0.389. The van der Waals surface area contributed by atoms with E-state index in [4.69, 9.17) is 9.47 Å². The summed E-state index contributed by atoms with van der Waals surface area (Å²) in [6.45, 7) is 5.99. The van der Waals surface area contributed by atoms with Crippen LogP contribution in [0.3, 0.4) is 0 Å². The van der Waals surface area contributed by atoms with E-state index in [0.717, 1.165) is 18.4 Å². The van der Waals surface area contributed by atoms with Gasteiger partial charge >= 0.3 is 12.0 Å². The summed E-state index contributed by atoms with van der Waals surface area (Å²) < 4.78 is 10.6. The number of benzene rings is 1. The van der Waals surface area contributed by atoms with Gasteiger partial charge in [-0.25, -0.2) is 4.79 Å². The van der Waals surface area contributed by atoms with Crippen LogP contribution in [0.25, 0.3) is 0 Å². The van der Waals surface area contributed by atoms with Gasteiger partial charge in [-0.2, -0.15) is 9.97 Å². The predicted octanol–water partition coefficient (Wildman–Crippen LogP) is 2.99. The zero-order valence-corrected chi connectivity index (χ0v) is 14.2. The van der Waals surface area contributed by atoms with Crippen LogP contribution in [0, 0.1) is 13.8 Å². The molecule has 0 spiro atoms. The monoisotopic (exact) mass is 330 g/mol. The fourth-order valence-electron chi connectivity index (χ4n) is 2.40. The van der Waals surface area contributed by atoms with Gasteiger partial charge in [-0.3, -0.25) is 0 Å². The normalized spacial score (nSPS) is 10.5. The van der Waals surface area contributed by atoms with E-state index < -0.39 is 5.97 Å². The SMILES string of the molecule is CCOC(=O)c1c(C)nc(OCCCc2cccc(O)c2)nc1C. The Morgan fingerprint density at radius 3 is 2.54 bits per heavy atom. The maximum absolute atomic E-state index is 11.9. The molecule has 0 amide bonds. The molecule has 0 aliphatic heterocycles. The molecule has 6 nitrogen and oxygen atoms in total. The number of carbonyl (C=O) groups excluding carboxylic acids is 1. The number of aromatic hydroxyl groups is 1. The molecule has 2 aromatic rings. The molecule has 0 unspecified atom stereocenters. The molecule has 0 saturated carbocycles. The van der Waals surface area contributed by atoms with E-state index in [1.165, 1.54) is 0 Å². The van der Waals surface area contributed by atoms with E-state index in [2.05, 4.69) is 9.97 Å². The van der Waals surface area contributed by atoms with Gasteiger partial charge in [0.05, 0.1) is 24.6 Å². The third-order valence-electron chi connectivity index (χ3n) is 3.48. The highest BCUT2D eigenvalue weighted by molar-refractivity contribution is 5.91. The average molecular weight is 330 g/mol. The third-order valence-corrected chi connectivity index (χ3v) is 3.48. The molecule has 1 heterocycles. The molecule has 0 fully saturated rings. The molecule has 0 aliphatic carbocycles. The molecule has 6 heteroatoms. The van der Waals surface area contributed by atoms with Gasteiger partial charge in [0.25, 0.3) is 0 Å². The van der Waals surface area contributed by atoms with Gasteiger partial charge in [0.15, 0.2) is 0 Å². The molecule has 1 aromatic carbocycles. The zero-order chi connectivity index (χ0) is 17.5. The molecule has 0 bridgehead atoms. The lowest BCUT2D eigenvalue weighted by Crippen LogP contribution is -2.13. The van der Waals surface area contributed by atoms with Crippen LogP contribution in [0.1, 0.15) is 40.7 Å². The first-order chi connectivity index (χ1) is 11.5. The Morgan fingerprint density at radius 2 is 1.92 bits per heavy atom. The number of phenols is 1. The molecule has 0 radical (unpaired) electrons. The van der Waals surface area contributed by atoms with Crippen molar-refractivity contribution in [3.05, 3.63) is 46.8 Å². The number of aryl methyl sites for hydroxylation is 3. The molecule has 0 aliphatic rings. The summed E-state index contributed by atoms with van der Waals surface area (Å²) in [5, 5.41) is 9.43. The van der Waals surface area contributed by atoms with Crippen molar-refractivity contribution >= 4 is 5.97 Å². The predicted molar refractivity (Wildman–Crippen MR) is 89.4 cm³/mol. The molecule has 0 saturated heterocycles. The lowest BCUT2D eigenvalue weighted by atomic mass is 10.1. The van der Waals surface area contributed by atoms with Crippen LogP contribution in [0.5, 0.6) is 11.8 Å². The highest BCUT2D eigenvalue weighted by Gasteiger charge is 2.17. The summed E-state index contributed by atoms with van der Waals surface area (Å²) in [5.74, 6) is -0.152. The second-order valence-corrected chi connectivity index (χ2v) is 5.39. The largest absolute Gasteiger partial charge is 0.508 e. The Balaban J connectivity index is 1.92.